The molecule has 25 heavy (non-hydrogen) atoms. The maximum Gasteiger partial charge on any atom is 0.131 e. The maximum atomic E-state index is 14.8. The first-order valence-corrected chi connectivity index (χ1v) is 8.86. The highest BCUT2D eigenvalue weighted by Gasteiger charge is 2.19. The largest absolute Gasteiger partial charge is 0.207 e. The van der Waals surface area contributed by atoms with Crippen LogP contribution >= 0.6 is 0 Å². The predicted octanol–water partition coefficient (Wildman–Crippen LogP) is 6.35. The van der Waals surface area contributed by atoms with Crippen LogP contribution in [0.4, 0.5) is 8.78 Å². The van der Waals surface area contributed by atoms with Gasteiger partial charge in [-0.25, -0.2) is 8.78 Å². The second kappa shape index (κ2) is 6.44. The molecule has 126 valence electrons. The Labute approximate surface area is 147 Å². The number of hydrogen-bond acceptors (Lipinski definition) is 0. The van der Waals surface area contributed by atoms with Gasteiger partial charge < -0.3 is 0 Å². The van der Waals surface area contributed by atoms with Crippen LogP contribution in [-0.4, -0.2) is 0 Å². The molecule has 0 nitrogen and oxygen atoms in total. The molecule has 0 atom stereocenters. The van der Waals surface area contributed by atoms with E-state index in [0.29, 0.717) is 11.1 Å². The van der Waals surface area contributed by atoms with Crippen LogP contribution < -0.4 is 0 Å². The third kappa shape index (κ3) is 2.97. The van der Waals surface area contributed by atoms with Crippen molar-refractivity contribution >= 4 is 0 Å². The summed E-state index contributed by atoms with van der Waals surface area (Å²) >= 11 is 0. The Hall–Kier alpha value is -2.48. The molecule has 0 bridgehead atoms. The zero-order valence-electron chi connectivity index (χ0n) is 14.3. The SMILES string of the molecule is CCCc1ccc2c(c1)CCc1cc(-c3ccc(F)cc3)c(F)cc1-2. The van der Waals surface area contributed by atoms with E-state index in [1.54, 1.807) is 18.2 Å². The Bertz CT molecular complexity index is 924. The highest BCUT2D eigenvalue weighted by molar-refractivity contribution is 5.78. The Morgan fingerprint density at radius 1 is 0.760 bits per heavy atom. The van der Waals surface area contributed by atoms with Crippen LogP contribution in [0.3, 0.4) is 0 Å². The third-order valence-electron chi connectivity index (χ3n) is 5.01. The minimum absolute atomic E-state index is 0.254. The highest BCUT2D eigenvalue weighted by atomic mass is 19.1. The van der Waals surface area contributed by atoms with E-state index in [4.69, 9.17) is 0 Å². The first kappa shape index (κ1) is 16.0. The lowest BCUT2D eigenvalue weighted by Gasteiger charge is -2.22. The summed E-state index contributed by atoms with van der Waals surface area (Å²) in [5.41, 5.74) is 7.23. The van der Waals surface area contributed by atoms with Gasteiger partial charge in [-0.3, -0.25) is 0 Å². The van der Waals surface area contributed by atoms with Crippen LogP contribution in [0.25, 0.3) is 22.3 Å². The molecule has 0 amide bonds. The molecule has 0 aromatic heterocycles. The van der Waals surface area contributed by atoms with Gasteiger partial charge in [0.25, 0.3) is 0 Å². The predicted molar refractivity (Wildman–Crippen MR) is 98.6 cm³/mol. The average molecular weight is 334 g/mol. The summed E-state index contributed by atoms with van der Waals surface area (Å²) < 4.78 is 27.9. The molecule has 1 aliphatic carbocycles. The van der Waals surface area contributed by atoms with E-state index in [9.17, 15) is 8.78 Å². The molecule has 0 aliphatic heterocycles. The lowest BCUT2D eigenvalue weighted by molar-refractivity contribution is 0.625. The fourth-order valence-corrected chi connectivity index (χ4v) is 3.76. The number of hydrogen-bond donors (Lipinski definition) is 0. The summed E-state index contributed by atoms with van der Waals surface area (Å²) in [6.45, 7) is 2.18. The van der Waals surface area contributed by atoms with Crippen molar-refractivity contribution in [2.45, 2.75) is 32.6 Å². The fraction of sp³-hybridized carbons (Fsp3) is 0.217. The van der Waals surface area contributed by atoms with Gasteiger partial charge in [-0.15, -0.1) is 0 Å². The van der Waals surface area contributed by atoms with Gasteiger partial charge >= 0.3 is 0 Å². The van der Waals surface area contributed by atoms with Crippen molar-refractivity contribution < 1.29 is 8.78 Å². The van der Waals surface area contributed by atoms with Gasteiger partial charge in [-0.2, -0.15) is 0 Å². The molecule has 0 spiro atoms. The van der Waals surface area contributed by atoms with E-state index in [1.165, 1.54) is 23.3 Å². The number of aryl methyl sites for hydroxylation is 3. The van der Waals surface area contributed by atoms with Gasteiger partial charge in [-0.05, 0) is 76.9 Å². The number of halogens is 2. The van der Waals surface area contributed by atoms with Crippen molar-refractivity contribution in [3.05, 3.63) is 82.9 Å². The minimum Gasteiger partial charge on any atom is -0.207 e. The molecule has 0 heterocycles. The zero-order valence-corrected chi connectivity index (χ0v) is 14.3. The Morgan fingerprint density at radius 3 is 2.20 bits per heavy atom. The van der Waals surface area contributed by atoms with Gasteiger partial charge in [0.2, 0.25) is 0 Å². The topological polar surface area (TPSA) is 0 Å². The molecular weight excluding hydrogens is 314 g/mol. The monoisotopic (exact) mass is 334 g/mol. The molecular formula is C23H20F2. The Morgan fingerprint density at radius 2 is 1.48 bits per heavy atom. The second-order valence-corrected chi connectivity index (χ2v) is 6.74. The first-order valence-electron chi connectivity index (χ1n) is 8.86. The molecule has 0 unspecified atom stereocenters. The summed E-state index contributed by atoms with van der Waals surface area (Å²) in [6.07, 6.45) is 4.10. The van der Waals surface area contributed by atoms with Crippen LogP contribution in [0.2, 0.25) is 0 Å². The van der Waals surface area contributed by atoms with Gasteiger partial charge in [-0.1, -0.05) is 43.7 Å². The summed E-state index contributed by atoms with van der Waals surface area (Å²) in [7, 11) is 0. The van der Waals surface area contributed by atoms with Crippen LogP contribution in [0, 0.1) is 11.6 Å². The smallest absolute Gasteiger partial charge is 0.131 e. The summed E-state index contributed by atoms with van der Waals surface area (Å²) in [5.74, 6) is -0.560. The van der Waals surface area contributed by atoms with E-state index >= 15 is 0 Å². The quantitative estimate of drug-likeness (QED) is 0.523. The maximum absolute atomic E-state index is 14.8. The highest BCUT2D eigenvalue weighted by Crippen LogP contribution is 2.38. The number of rotatable bonds is 3. The lowest BCUT2D eigenvalue weighted by Crippen LogP contribution is -2.06. The van der Waals surface area contributed by atoms with E-state index < -0.39 is 0 Å². The molecule has 3 aromatic carbocycles. The molecule has 0 saturated carbocycles. The minimum atomic E-state index is -0.307. The molecule has 0 N–H and O–H groups in total. The number of benzene rings is 3. The van der Waals surface area contributed by atoms with Crippen molar-refractivity contribution in [1.29, 1.82) is 0 Å². The van der Waals surface area contributed by atoms with E-state index in [2.05, 4.69) is 25.1 Å². The average Bonchev–Trinajstić information content (AvgIpc) is 2.62. The molecule has 2 heteroatoms. The van der Waals surface area contributed by atoms with E-state index in [1.807, 2.05) is 6.07 Å². The van der Waals surface area contributed by atoms with Gasteiger partial charge in [0.1, 0.15) is 11.6 Å². The molecule has 0 fully saturated rings. The van der Waals surface area contributed by atoms with Crippen molar-refractivity contribution in [3.63, 3.8) is 0 Å². The van der Waals surface area contributed by atoms with Crippen LogP contribution in [0.5, 0.6) is 0 Å². The second-order valence-electron chi connectivity index (χ2n) is 6.74. The summed E-state index contributed by atoms with van der Waals surface area (Å²) in [4.78, 5) is 0. The molecule has 1 aliphatic rings. The van der Waals surface area contributed by atoms with Crippen molar-refractivity contribution in [2.75, 3.05) is 0 Å². The molecule has 3 aromatic rings. The molecule has 4 rings (SSSR count). The van der Waals surface area contributed by atoms with Crippen molar-refractivity contribution in [1.82, 2.24) is 0 Å². The van der Waals surface area contributed by atoms with Crippen molar-refractivity contribution in [2.24, 2.45) is 0 Å². The van der Waals surface area contributed by atoms with Gasteiger partial charge in [0.15, 0.2) is 0 Å². The van der Waals surface area contributed by atoms with E-state index in [-0.39, 0.29) is 11.6 Å². The number of fused-ring (bicyclic) bond motifs is 3. The first-order chi connectivity index (χ1) is 12.2. The normalized spacial score (nSPS) is 12.6. The summed E-state index contributed by atoms with van der Waals surface area (Å²) in [6, 6.07) is 16.2. The fourth-order valence-electron chi connectivity index (χ4n) is 3.76. The summed E-state index contributed by atoms with van der Waals surface area (Å²) in [5, 5.41) is 0. The van der Waals surface area contributed by atoms with Gasteiger partial charge in [0, 0.05) is 5.56 Å². The lowest BCUT2D eigenvalue weighted by atomic mass is 9.83. The third-order valence-corrected chi connectivity index (χ3v) is 5.01. The Balaban J connectivity index is 1.79. The van der Waals surface area contributed by atoms with Crippen LogP contribution in [0.15, 0.2) is 54.6 Å². The van der Waals surface area contributed by atoms with E-state index in [0.717, 1.165) is 42.4 Å². The molecule has 0 saturated heterocycles. The van der Waals surface area contributed by atoms with Crippen molar-refractivity contribution in [3.8, 4) is 22.3 Å². The standard InChI is InChI=1S/C23H20F2/c1-2-3-15-4-11-20-17(12-15)5-6-18-13-22(23(25)14-21(18)20)16-7-9-19(24)10-8-16/h4,7-14H,2-3,5-6H2,1H3. The van der Waals surface area contributed by atoms with Crippen LogP contribution in [-0.2, 0) is 19.3 Å². The van der Waals surface area contributed by atoms with Crippen LogP contribution in [0.1, 0.15) is 30.0 Å². The molecule has 0 radical (unpaired) electrons. The van der Waals surface area contributed by atoms with Gasteiger partial charge in [0.05, 0.1) is 0 Å². The zero-order chi connectivity index (χ0) is 17.4. The Kier molecular flexibility index (Phi) is 4.12.